The van der Waals surface area contributed by atoms with Crippen LogP contribution in [0.4, 0.5) is 4.79 Å². The second-order valence-corrected chi connectivity index (χ2v) is 5.04. The lowest BCUT2D eigenvalue weighted by atomic mass is 9.96. The van der Waals surface area contributed by atoms with Crippen LogP contribution in [-0.4, -0.2) is 58.4 Å². The van der Waals surface area contributed by atoms with Gasteiger partial charge in [-0.05, 0) is 0 Å². The Bertz CT molecular complexity index is 506. The Kier molecular flexibility index (Phi) is 3.91. The van der Waals surface area contributed by atoms with Gasteiger partial charge in [-0.3, -0.25) is 0 Å². The van der Waals surface area contributed by atoms with E-state index in [-0.39, 0.29) is 12.1 Å². The molecule has 2 fully saturated rings. The fraction of sp³-hybridized carbons (Fsp3) is 0.538. The summed E-state index contributed by atoms with van der Waals surface area (Å²) in [4.78, 5) is 15.8. The van der Waals surface area contributed by atoms with E-state index in [0.717, 1.165) is 0 Å². The Morgan fingerprint density at radius 3 is 3.19 bits per heavy atom. The molecule has 2 aliphatic heterocycles. The molecule has 0 radical (unpaired) electrons. The van der Waals surface area contributed by atoms with Gasteiger partial charge in [0.1, 0.15) is 18.2 Å². The molecule has 8 heteroatoms. The van der Waals surface area contributed by atoms with Gasteiger partial charge in [0, 0.05) is 18.9 Å². The molecule has 5 unspecified atom stereocenters. The van der Waals surface area contributed by atoms with Crippen molar-refractivity contribution in [3.05, 3.63) is 31.4 Å². The number of nitrogens with one attached hydrogen (secondary N) is 2. The average Bonchev–Trinajstić information content (AvgIpc) is 3.13. The molecule has 0 saturated carbocycles. The molecule has 1 aromatic heterocycles. The SMILES string of the molecule is C=CCNC(=O)NC1C2COC(O2)C(n2ccnc2)C1O. The maximum Gasteiger partial charge on any atom is 0.315 e. The highest BCUT2D eigenvalue weighted by atomic mass is 16.7. The molecule has 0 spiro atoms. The number of urea groups is 1. The molecule has 1 aromatic rings. The number of amides is 2. The van der Waals surface area contributed by atoms with Crippen molar-refractivity contribution in [2.45, 2.75) is 30.6 Å². The van der Waals surface area contributed by atoms with E-state index in [1.165, 1.54) is 0 Å². The van der Waals surface area contributed by atoms with Crippen LogP contribution in [0.5, 0.6) is 0 Å². The Labute approximate surface area is 121 Å². The summed E-state index contributed by atoms with van der Waals surface area (Å²) in [5.41, 5.74) is 0. The maximum absolute atomic E-state index is 11.8. The van der Waals surface area contributed by atoms with Crippen LogP contribution in [0.1, 0.15) is 6.04 Å². The van der Waals surface area contributed by atoms with Crippen molar-refractivity contribution >= 4 is 6.03 Å². The van der Waals surface area contributed by atoms with Crippen LogP contribution in [0.2, 0.25) is 0 Å². The molecular weight excluding hydrogens is 276 g/mol. The number of carbonyl (C=O) groups excluding carboxylic acids is 1. The second-order valence-electron chi connectivity index (χ2n) is 5.04. The number of ether oxygens (including phenoxy) is 2. The first-order valence-corrected chi connectivity index (χ1v) is 6.78. The van der Waals surface area contributed by atoms with Gasteiger partial charge in [-0.1, -0.05) is 6.08 Å². The van der Waals surface area contributed by atoms with Crippen LogP contribution >= 0.6 is 0 Å². The second kappa shape index (κ2) is 5.84. The number of fused-ring (bicyclic) bond motifs is 2. The number of imidazole rings is 1. The summed E-state index contributed by atoms with van der Waals surface area (Å²) < 4.78 is 13.0. The zero-order valence-corrected chi connectivity index (χ0v) is 11.4. The standard InChI is InChI=1S/C13H18N4O4/c1-2-3-15-13(19)16-9-8-6-20-12(21-8)10(11(9)18)17-5-4-14-7-17/h2,4-5,7-12,18H,1,3,6H2,(H2,15,16,19). The third-order valence-corrected chi connectivity index (χ3v) is 3.70. The molecule has 114 valence electrons. The summed E-state index contributed by atoms with van der Waals surface area (Å²) in [7, 11) is 0. The molecule has 5 atom stereocenters. The summed E-state index contributed by atoms with van der Waals surface area (Å²) in [5.74, 6) is 0. The third kappa shape index (κ3) is 2.65. The zero-order chi connectivity index (χ0) is 14.8. The lowest BCUT2D eigenvalue weighted by Crippen LogP contribution is -2.60. The van der Waals surface area contributed by atoms with Gasteiger partial charge < -0.3 is 29.8 Å². The van der Waals surface area contributed by atoms with Gasteiger partial charge >= 0.3 is 6.03 Å². The fourth-order valence-corrected chi connectivity index (χ4v) is 2.71. The Morgan fingerprint density at radius 2 is 2.48 bits per heavy atom. The normalized spacial score (nSPS) is 34.4. The van der Waals surface area contributed by atoms with Crippen LogP contribution in [0.25, 0.3) is 0 Å². The molecule has 0 aromatic carbocycles. The minimum absolute atomic E-state index is 0.333. The quantitative estimate of drug-likeness (QED) is 0.644. The molecule has 8 nitrogen and oxygen atoms in total. The van der Waals surface area contributed by atoms with E-state index in [9.17, 15) is 9.90 Å². The van der Waals surface area contributed by atoms with Crippen molar-refractivity contribution in [3.8, 4) is 0 Å². The van der Waals surface area contributed by atoms with Crippen LogP contribution in [0.3, 0.4) is 0 Å². The van der Waals surface area contributed by atoms with E-state index < -0.39 is 24.5 Å². The van der Waals surface area contributed by atoms with Crippen molar-refractivity contribution in [1.29, 1.82) is 0 Å². The maximum atomic E-state index is 11.8. The van der Waals surface area contributed by atoms with Gasteiger partial charge in [0.25, 0.3) is 0 Å². The van der Waals surface area contributed by atoms with Crippen LogP contribution < -0.4 is 10.6 Å². The fourth-order valence-electron chi connectivity index (χ4n) is 2.71. The number of aliphatic hydroxyl groups is 1. The van der Waals surface area contributed by atoms with Gasteiger partial charge in [-0.2, -0.15) is 0 Å². The first-order chi connectivity index (χ1) is 10.2. The van der Waals surface area contributed by atoms with E-state index in [1.807, 2.05) is 0 Å². The van der Waals surface area contributed by atoms with E-state index in [2.05, 4.69) is 22.2 Å². The molecule has 2 amide bonds. The Morgan fingerprint density at radius 1 is 1.62 bits per heavy atom. The summed E-state index contributed by atoms with van der Waals surface area (Å²) >= 11 is 0. The molecule has 0 aliphatic carbocycles. The predicted octanol–water partition coefficient (Wildman–Crippen LogP) is -0.606. The number of rotatable bonds is 4. The molecule has 2 bridgehead atoms. The van der Waals surface area contributed by atoms with E-state index in [1.54, 1.807) is 29.4 Å². The summed E-state index contributed by atoms with van der Waals surface area (Å²) in [6.45, 7) is 4.22. The van der Waals surface area contributed by atoms with Crippen LogP contribution in [0.15, 0.2) is 31.4 Å². The van der Waals surface area contributed by atoms with Crippen molar-refractivity contribution in [1.82, 2.24) is 20.2 Å². The minimum atomic E-state index is -0.833. The summed E-state index contributed by atoms with van der Waals surface area (Å²) in [5, 5.41) is 15.9. The molecule has 2 aliphatic rings. The molecule has 3 heterocycles. The average molecular weight is 294 g/mol. The summed E-state index contributed by atoms with van der Waals surface area (Å²) in [6.07, 6.45) is 4.79. The number of carbonyl (C=O) groups is 1. The number of aliphatic hydroxyl groups excluding tert-OH is 1. The van der Waals surface area contributed by atoms with Crippen molar-refractivity contribution in [3.63, 3.8) is 0 Å². The zero-order valence-electron chi connectivity index (χ0n) is 11.4. The highest BCUT2D eigenvalue weighted by Crippen LogP contribution is 2.35. The van der Waals surface area contributed by atoms with Crippen LogP contribution in [0, 0.1) is 0 Å². The number of hydrogen-bond acceptors (Lipinski definition) is 5. The number of hydrogen-bond donors (Lipinski definition) is 3. The highest BCUT2D eigenvalue weighted by molar-refractivity contribution is 5.74. The third-order valence-electron chi connectivity index (χ3n) is 3.70. The highest BCUT2D eigenvalue weighted by Gasteiger charge is 2.51. The van der Waals surface area contributed by atoms with Crippen molar-refractivity contribution < 1.29 is 19.4 Å². The number of aromatic nitrogens is 2. The van der Waals surface area contributed by atoms with E-state index in [0.29, 0.717) is 13.2 Å². The van der Waals surface area contributed by atoms with Gasteiger partial charge in [0.05, 0.1) is 19.0 Å². The topological polar surface area (TPSA) is 97.6 Å². The number of nitrogens with zero attached hydrogens (tertiary/aromatic N) is 2. The molecule has 3 rings (SSSR count). The van der Waals surface area contributed by atoms with Crippen molar-refractivity contribution in [2.75, 3.05) is 13.2 Å². The summed E-state index contributed by atoms with van der Waals surface area (Å²) in [6, 6.07) is -1.38. The lowest BCUT2D eigenvalue weighted by Gasteiger charge is -2.38. The molecule has 21 heavy (non-hydrogen) atoms. The van der Waals surface area contributed by atoms with Gasteiger partial charge in [-0.25, -0.2) is 9.78 Å². The molecular formula is C13H18N4O4. The minimum Gasteiger partial charge on any atom is -0.388 e. The molecule has 2 saturated heterocycles. The lowest BCUT2D eigenvalue weighted by molar-refractivity contribution is -0.163. The van der Waals surface area contributed by atoms with Gasteiger partial charge in [-0.15, -0.1) is 6.58 Å². The molecule has 3 N–H and O–H groups in total. The van der Waals surface area contributed by atoms with Crippen LogP contribution in [-0.2, 0) is 9.47 Å². The van der Waals surface area contributed by atoms with E-state index >= 15 is 0 Å². The van der Waals surface area contributed by atoms with Gasteiger partial charge in [0.15, 0.2) is 6.29 Å². The first kappa shape index (κ1) is 14.1. The van der Waals surface area contributed by atoms with Gasteiger partial charge in [0.2, 0.25) is 0 Å². The largest absolute Gasteiger partial charge is 0.388 e. The first-order valence-electron chi connectivity index (χ1n) is 6.78. The smallest absolute Gasteiger partial charge is 0.315 e. The predicted molar refractivity (Wildman–Crippen MR) is 72.4 cm³/mol. The van der Waals surface area contributed by atoms with Crippen molar-refractivity contribution in [2.24, 2.45) is 0 Å². The Balaban J connectivity index is 1.74. The Hall–Kier alpha value is -1.90. The van der Waals surface area contributed by atoms with E-state index in [4.69, 9.17) is 9.47 Å². The monoisotopic (exact) mass is 294 g/mol.